The number of hydrogen-bond acceptors (Lipinski definition) is 5. The number of fused-ring (bicyclic) bond motifs is 4. The van der Waals surface area contributed by atoms with E-state index in [4.69, 9.17) is 14.2 Å². The van der Waals surface area contributed by atoms with E-state index >= 15 is 0 Å². The molecule has 6 rings (SSSR count). The van der Waals surface area contributed by atoms with Gasteiger partial charge >= 0.3 is 5.69 Å². The van der Waals surface area contributed by atoms with Gasteiger partial charge in [-0.3, -0.25) is 13.9 Å². The van der Waals surface area contributed by atoms with Crippen molar-refractivity contribution < 1.29 is 14.2 Å². The van der Waals surface area contributed by atoms with Crippen LogP contribution in [0.2, 0.25) is 0 Å². The van der Waals surface area contributed by atoms with Gasteiger partial charge in [0.2, 0.25) is 6.79 Å². The zero-order chi connectivity index (χ0) is 22.0. The van der Waals surface area contributed by atoms with E-state index in [1.54, 1.807) is 11.6 Å². The molecule has 0 unspecified atom stereocenters. The first-order valence-corrected chi connectivity index (χ1v) is 10.4. The second kappa shape index (κ2) is 6.86. The third kappa shape index (κ3) is 2.53. The Bertz CT molecular complexity index is 1500. The molecule has 2 aromatic carbocycles. The summed E-state index contributed by atoms with van der Waals surface area (Å²) in [5, 5.41) is 0.520. The van der Waals surface area contributed by atoms with Crippen LogP contribution in [-0.2, 0) is 25.4 Å². The van der Waals surface area contributed by atoms with Gasteiger partial charge in [-0.1, -0.05) is 36.4 Å². The van der Waals surface area contributed by atoms with Crippen LogP contribution in [0.4, 0.5) is 0 Å². The maximum atomic E-state index is 13.4. The molecule has 32 heavy (non-hydrogen) atoms. The van der Waals surface area contributed by atoms with E-state index < -0.39 is 6.10 Å². The number of ether oxygens (including phenoxy) is 3. The summed E-state index contributed by atoms with van der Waals surface area (Å²) in [6.45, 7) is 1.24. The highest BCUT2D eigenvalue weighted by molar-refractivity contribution is 5.96. The van der Waals surface area contributed by atoms with Gasteiger partial charge in [-0.15, -0.1) is 0 Å². The van der Waals surface area contributed by atoms with E-state index in [-0.39, 0.29) is 18.0 Å². The minimum absolute atomic E-state index is 0.187. The molecule has 0 fully saturated rings. The van der Waals surface area contributed by atoms with Crippen LogP contribution < -0.4 is 20.7 Å². The van der Waals surface area contributed by atoms with Gasteiger partial charge in [0.15, 0.2) is 11.5 Å². The van der Waals surface area contributed by atoms with Crippen LogP contribution in [0.3, 0.4) is 0 Å². The topological polar surface area (TPSA) is 76.6 Å². The molecule has 2 aromatic heterocycles. The van der Waals surface area contributed by atoms with E-state index in [9.17, 15) is 9.59 Å². The lowest BCUT2D eigenvalue weighted by Gasteiger charge is -2.27. The highest BCUT2D eigenvalue weighted by Crippen LogP contribution is 2.42. The fraction of sp³-hybridized carbons (Fsp3) is 0.250. The highest BCUT2D eigenvalue weighted by Gasteiger charge is 2.33. The third-order valence-electron chi connectivity index (χ3n) is 6.30. The first kappa shape index (κ1) is 18.9. The maximum absolute atomic E-state index is 13.4. The molecular formula is C24H21N3O5. The van der Waals surface area contributed by atoms with Crippen molar-refractivity contribution in [1.29, 1.82) is 0 Å². The lowest BCUT2D eigenvalue weighted by atomic mass is 10.0. The van der Waals surface area contributed by atoms with Crippen molar-refractivity contribution in [3.63, 3.8) is 0 Å². The van der Waals surface area contributed by atoms with E-state index in [2.05, 4.69) is 4.57 Å². The van der Waals surface area contributed by atoms with Gasteiger partial charge in [-0.05, 0) is 23.3 Å². The average Bonchev–Trinajstić information content (AvgIpc) is 3.44. The quantitative estimate of drug-likeness (QED) is 0.488. The second-order valence-electron chi connectivity index (χ2n) is 8.04. The normalized spacial score (nSPS) is 17.0. The lowest BCUT2D eigenvalue weighted by Crippen LogP contribution is -2.37. The molecule has 0 radical (unpaired) electrons. The fourth-order valence-electron chi connectivity index (χ4n) is 4.81. The van der Waals surface area contributed by atoms with Crippen LogP contribution in [0.5, 0.6) is 11.5 Å². The van der Waals surface area contributed by atoms with Gasteiger partial charge in [0.25, 0.3) is 5.56 Å². The predicted octanol–water partition coefficient (Wildman–Crippen LogP) is 2.55. The minimum atomic E-state index is -0.462. The molecule has 2 aliphatic heterocycles. The predicted molar refractivity (Wildman–Crippen MR) is 118 cm³/mol. The molecule has 8 heteroatoms. The van der Waals surface area contributed by atoms with E-state index in [1.165, 1.54) is 7.05 Å². The van der Waals surface area contributed by atoms with Gasteiger partial charge in [-0.2, -0.15) is 0 Å². The molecule has 0 bridgehead atoms. The largest absolute Gasteiger partial charge is 0.454 e. The summed E-state index contributed by atoms with van der Waals surface area (Å²) in [5.74, 6) is 1.35. The Morgan fingerprint density at radius 3 is 2.53 bits per heavy atom. The van der Waals surface area contributed by atoms with E-state index in [0.717, 1.165) is 27.1 Å². The van der Waals surface area contributed by atoms with Crippen molar-refractivity contribution in [1.82, 2.24) is 13.7 Å². The highest BCUT2D eigenvalue weighted by atomic mass is 16.7. The van der Waals surface area contributed by atoms with Gasteiger partial charge in [0, 0.05) is 20.6 Å². The molecule has 4 heterocycles. The molecule has 0 saturated heterocycles. The average molecular weight is 431 g/mol. The summed E-state index contributed by atoms with van der Waals surface area (Å²) in [6, 6.07) is 15.5. The molecule has 4 aromatic rings. The van der Waals surface area contributed by atoms with Gasteiger partial charge in [0.1, 0.15) is 6.10 Å². The summed E-state index contributed by atoms with van der Waals surface area (Å²) in [4.78, 5) is 26.2. The van der Waals surface area contributed by atoms with Crippen LogP contribution in [0.15, 0.2) is 58.1 Å². The zero-order valence-corrected chi connectivity index (χ0v) is 17.7. The van der Waals surface area contributed by atoms with Crippen LogP contribution in [-0.4, -0.2) is 27.1 Å². The summed E-state index contributed by atoms with van der Waals surface area (Å²) >= 11 is 0. The molecule has 0 saturated carbocycles. The van der Waals surface area contributed by atoms with Crippen LogP contribution in [0.25, 0.3) is 22.2 Å². The molecule has 0 N–H and O–H groups in total. The molecule has 0 aliphatic carbocycles. The molecule has 1 atom stereocenters. The SMILES string of the molecule is Cn1c(=O)c2c(-c3ccccc3)n3c(c2n(C)c1=O)[C@H](c1ccc2c(c1)OCO2)OCC3. The Morgan fingerprint density at radius 2 is 1.72 bits per heavy atom. The summed E-state index contributed by atoms with van der Waals surface area (Å²) in [6.07, 6.45) is -0.462. The zero-order valence-electron chi connectivity index (χ0n) is 17.7. The molecule has 0 spiro atoms. The summed E-state index contributed by atoms with van der Waals surface area (Å²) in [7, 11) is 3.21. The van der Waals surface area contributed by atoms with Gasteiger partial charge in [0.05, 0.1) is 28.9 Å². The monoisotopic (exact) mass is 431 g/mol. The molecule has 162 valence electrons. The van der Waals surface area contributed by atoms with Crippen LogP contribution in [0, 0.1) is 0 Å². The molecule has 2 aliphatic rings. The number of aromatic nitrogens is 3. The van der Waals surface area contributed by atoms with E-state index in [0.29, 0.717) is 35.6 Å². The summed E-state index contributed by atoms with van der Waals surface area (Å²) in [5.41, 5.74) is 3.31. The lowest BCUT2D eigenvalue weighted by molar-refractivity contribution is 0.0477. The Balaban J connectivity index is 1.72. The van der Waals surface area contributed by atoms with Gasteiger partial charge < -0.3 is 18.8 Å². The first-order chi connectivity index (χ1) is 15.6. The standard InChI is InChI=1S/C24H21N3O5/c1-25-20-18(23(28)26(2)24(25)29)19(14-6-4-3-5-7-14)27-10-11-30-22(21(20)27)15-8-9-16-17(12-15)32-13-31-16/h3-9,12,22H,10-11,13H2,1-2H3/t22-/m0/s1. The maximum Gasteiger partial charge on any atom is 0.331 e. The van der Waals surface area contributed by atoms with Crippen LogP contribution >= 0.6 is 0 Å². The number of benzene rings is 2. The van der Waals surface area contributed by atoms with Crippen molar-refractivity contribution in [2.75, 3.05) is 13.4 Å². The van der Waals surface area contributed by atoms with Crippen molar-refractivity contribution in [3.05, 3.63) is 80.6 Å². The Hall–Kier alpha value is -3.78. The Kier molecular flexibility index (Phi) is 4.06. The van der Waals surface area contributed by atoms with Crippen molar-refractivity contribution in [3.8, 4) is 22.8 Å². The number of rotatable bonds is 2. The number of nitrogens with zero attached hydrogens (tertiary/aromatic N) is 3. The third-order valence-corrected chi connectivity index (χ3v) is 6.30. The van der Waals surface area contributed by atoms with E-state index in [1.807, 2.05) is 48.5 Å². The summed E-state index contributed by atoms with van der Waals surface area (Å²) < 4.78 is 22.1. The first-order valence-electron chi connectivity index (χ1n) is 10.4. The van der Waals surface area contributed by atoms with Crippen molar-refractivity contribution >= 4 is 10.9 Å². The Morgan fingerprint density at radius 1 is 0.938 bits per heavy atom. The van der Waals surface area contributed by atoms with Gasteiger partial charge in [-0.25, -0.2) is 4.79 Å². The molecular weight excluding hydrogens is 410 g/mol. The number of hydrogen-bond donors (Lipinski definition) is 0. The Labute approximate surface area is 182 Å². The number of aryl methyl sites for hydroxylation is 1. The molecule has 0 amide bonds. The van der Waals surface area contributed by atoms with Crippen LogP contribution in [0.1, 0.15) is 17.4 Å². The minimum Gasteiger partial charge on any atom is -0.454 e. The van der Waals surface area contributed by atoms with Crippen molar-refractivity contribution in [2.45, 2.75) is 12.6 Å². The smallest absolute Gasteiger partial charge is 0.331 e. The van der Waals surface area contributed by atoms with Crippen molar-refractivity contribution in [2.24, 2.45) is 14.1 Å². The second-order valence-corrected chi connectivity index (χ2v) is 8.04. The molecule has 8 nitrogen and oxygen atoms in total. The fourth-order valence-corrected chi connectivity index (χ4v) is 4.81.